The van der Waals surface area contributed by atoms with Gasteiger partial charge in [-0.25, -0.2) is 4.79 Å². The van der Waals surface area contributed by atoms with Crippen molar-refractivity contribution in [3.8, 4) is 11.8 Å². The van der Waals surface area contributed by atoms with Crippen molar-refractivity contribution >= 4 is 5.97 Å². The second-order valence-electron chi connectivity index (χ2n) is 6.73. The van der Waals surface area contributed by atoms with Crippen molar-refractivity contribution in [2.24, 2.45) is 5.92 Å². The molecular formula is C21H29NO3. The Labute approximate surface area is 151 Å². The molecule has 0 heterocycles. The van der Waals surface area contributed by atoms with Crippen LogP contribution in [0.2, 0.25) is 0 Å². The van der Waals surface area contributed by atoms with Crippen LogP contribution >= 0.6 is 0 Å². The molecule has 1 aromatic carbocycles. The van der Waals surface area contributed by atoms with Crippen LogP contribution in [0.3, 0.4) is 0 Å². The van der Waals surface area contributed by atoms with Gasteiger partial charge in [-0.3, -0.25) is 4.90 Å². The summed E-state index contributed by atoms with van der Waals surface area (Å²) in [6, 6.07) is 9.18. The molecule has 0 bridgehead atoms. The van der Waals surface area contributed by atoms with Gasteiger partial charge in [0.2, 0.25) is 0 Å². The molecule has 0 spiro atoms. The van der Waals surface area contributed by atoms with Crippen LogP contribution in [-0.4, -0.2) is 42.7 Å². The fourth-order valence-corrected chi connectivity index (χ4v) is 3.30. The molecular weight excluding hydrogens is 314 g/mol. The summed E-state index contributed by atoms with van der Waals surface area (Å²) in [4.78, 5) is 14.8. The van der Waals surface area contributed by atoms with E-state index in [0.717, 1.165) is 38.6 Å². The Balaban J connectivity index is 2.08. The highest BCUT2D eigenvalue weighted by molar-refractivity contribution is 5.81. The molecule has 1 aliphatic rings. The lowest BCUT2D eigenvalue weighted by Gasteiger charge is -2.36. The molecule has 0 aliphatic heterocycles. The molecule has 0 amide bonds. The van der Waals surface area contributed by atoms with Crippen LogP contribution in [-0.2, 0) is 15.1 Å². The lowest BCUT2D eigenvalue weighted by molar-refractivity contribution is -0.174. The first-order valence-corrected chi connectivity index (χ1v) is 9.18. The molecule has 136 valence electrons. The number of carbonyl (C=O) groups is 1. The maximum Gasteiger partial charge on any atom is 0.344 e. The van der Waals surface area contributed by atoms with E-state index in [0.29, 0.717) is 12.1 Å². The lowest BCUT2D eigenvalue weighted by atomic mass is 9.73. The average Bonchev–Trinajstić information content (AvgIpc) is 2.68. The fourth-order valence-electron chi connectivity index (χ4n) is 3.30. The van der Waals surface area contributed by atoms with Gasteiger partial charge in [0, 0.05) is 5.92 Å². The topological polar surface area (TPSA) is 49.8 Å². The highest BCUT2D eigenvalue weighted by atomic mass is 16.5. The number of benzene rings is 1. The second kappa shape index (κ2) is 9.60. The standard InChI is InChI=1S/C21H29NO3/c1-3-22(2)16-10-11-17-25-20(23)21(24,18-12-6-4-7-13-18)19-14-8-5-9-15-19/h4,6-7,12-13,19,24H,3,5,8-9,14-17H2,1-2H3/t21-/m0/s1. The summed E-state index contributed by atoms with van der Waals surface area (Å²) in [5.41, 5.74) is -0.964. The van der Waals surface area contributed by atoms with Crippen molar-refractivity contribution < 1.29 is 14.6 Å². The molecule has 1 aliphatic carbocycles. The van der Waals surface area contributed by atoms with Crippen molar-refractivity contribution in [3.63, 3.8) is 0 Å². The zero-order valence-electron chi connectivity index (χ0n) is 15.3. The number of hydrogen-bond acceptors (Lipinski definition) is 4. The predicted molar refractivity (Wildman–Crippen MR) is 98.8 cm³/mol. The molecule has 1 saturated carbocycles. The number of rotatable bonds is 6. The maximum atomic E-state index is 12.8. The average molecular weight is 343 g/mol. The third kappa shape index (κ3) is 5.07. The van der Waals surface area contributed by atoms with E-state index in [4.69, 9.17) is 4.74 Å². The van der Waals surface area contributed by atoms with E-state index in [2.05, 4.69) is 23.7 Å². The third-order valence-electron chi connectivity index (χ3n) is 5.01. The van der Waals surface area contributed by atoms with Crippen LogP contribution < -0.4 is 0 Å². The van der Waals surface area contributed by atoms with Gasteiger partial charge in [0.05, 0.1) is 6.54 Å². The minimum absolute atomic E-state index is 0.0122. The van der Waals surface area contributed by atoms with Crippen molar-refractivity contribution in [2.45, 2.75) is 44.6 Å². The van der Waals surface area contributed by atoms with Crippen LogP contribution in [0.1, 0.15) is 44.6 Å². The van der Waals surface area contributed by atoms with E-state index in [-0.39, 0.29) is 12.5 Å². The Morgan fingerprint density at radius 1 is 1.24 bits per heavy atom. The van der Waals surface area contributed by atoms with Gasteiger partial charge in [-0.2, -0.15) is 0 Å². The number of esters is 1. The number of carbonyl (C=O) groups excluding carboxylic acids is 1. The van der Waals surface area contributed by atoms with E-state index >= 15 is 0 Å². The minimum Gasteiger partial charge on any atom is -0.450 e. The summed E-state index contributed by atoms with van der Waals surface area (Å²) >= 11 is 0. The Hall–Kier alpha value is -1.83. The van der Waals surface area contributed by atoms with Crippen LogP contribution in [0, 0.1) is 17.8 Å². The Bertz CT molecular complexity index is 599. The van der Waals surface area contributed by atoms with Gasteiger partial charge in [-0.1, -0.05) is 68.4 Å². The summed E-state index contributed by atoms with van der Waals surface area (Å²) < 4.78 is 5.35. The number of ether oxygens (including phenoxy) is 1. The van der Waals surface area contributed by atoms with E-state index < -0.39 is 11.6 Å². The van der Waals surface area contributed by atoms with E-state index in [1.54, 1.807) is 12.1 Å². The van der Waals surface area contributed by atoms with E-state index in [1.165, 1.54) is 0 Å². The van der Waals surface area contributed by atoms with Gasteiger partial charge in [0.1, 0.15) is 0 Å². The Morgan fingerprint density at radius 3 is 2.56 bits per heavy atom. The molecule has 1 atom stereocenters. The lowest BCUT2D eigenvalue weighted by Crippen LogP contribution is -2.45. The first-order valence-electron chi connectivity index (χ1n) is 9.18. The largest absolute Gasteiger partial charge is 0.450 e. The third-order valence-corrected chi connectivity index (χ3v) is 5.01. The molecule has 2 rings (SSSR count). The zero-order valence-corrected chi connectivity index (χ0v) is 15.3. The molecule has 4 nitrogen and oxygen atoms in total. The SMILES string of the molecule is CCN(C)CC#CCOC(=O)[C@](O)(c1ccccc1)C1CCCCC1. The summed E-state index contributed by atoms with van der Waals surface area (Å²) in [6.45, 7) is 3.63. The van der Waals surface area contributed by atoms with Gasteiger partial charge in [-0.15, -0.1) is 0 Å². The molecule has 0 radical (unpaired) electrons. The van der Waals surface area contributed by atoms with Crippen LogP contribution in [0.25, 0.3) is 0 Å². The Morgan fingerprint density at radius 2 is 1.92 bits per heavy atom. The van der Waals surface area contributed by atoms with Crippen LogP contribution in [0.15, 0.2) is 30.3 Å². The van der Waals surface area contributed by atoms with Gasteiger partial charge < -0.3 is 9.84 Å². The van der Waals surface area contributed by atoms with Gasteiger partial charge in [0.25, 0.3) is 0 Å². The highest BCUT2D eigenvalue weighted by Gasteiger charge is 2.46. The molecule has 0 unspecified atom stereocenters. The van der Waals surface area contributed by atoms with Crippen LogP contribution in [0.4, 0.5) is 0 Å². The zero-order chi connectivity index (χ0) is 18.1. The smallest absolute Gasteiger partial charge is 0.344 e. The first kappa shape index (κ1) is 19.5. The molecule has 1 fully saturated rings. The summed E-state index contributed by atoms with van der Waals surface area (Å²) in [7, 11) is 1.98. The maximum absolute atomic E-state index is 12.8. The normalized spacial score (nSPS) is 17.4. The molecule has 25 heavy (non-hydrogen) atoms. The molecule has 1 N–H and O–H groups in total. The van der Waals surface area contributed by atoms with Gasteiger partial charge in [-0.05, 0) is 32.0 Å². The molecule has 4 heteroatoms. The summed E-state index contributed by atoms with van der Waals surface area (Å²) in [5.74, 6) is 5.16. The fraction of sp³-hybridized carbons (Fsp3) is 0.571. The highest BCUT2D eigenvalue weighted by Crippen LogP contribution is 2.40. The molecule has 0 saturated heterocycles. The van der Waals surface area contributed by atoms with Crippen molar-refractivity contribution in [3.05, 3.63) is 35.9 Å². The van der Waals surface area contributed by atoms with Gasteiger partial charge in [0.15, 0.2) is 12.2 Å². The molecule has 1 aromatic rings. The quantitative estimate of drug-likeness (QED) is 0.637. The van der Waals surface area contributed by atoms with Crippen molar-refractivity contribution in [2.75, 3.05) is 26.7 Å². The minimum atomic E-state index is -1.58. The van der Waals surface area contributed by atoms with E-state index in [9.17, 15) is 9.90 Å². The Kier molecular flexibility index (Phi) is 7.49. The second-order valence-corrected chi connectivity index (χ2v) is 6.73. The number of aliphatic hydroxyl groups is 1. The summed E-state index contributed by atoms with van der Waals surface area (Å²) in [6.07, 6.45) is 4.92. The monoisotopic (exact) mass is 343 g/mol. The van der Waals surface area contributed by atoms with Crippen LogP contribution in [0.5, 0.6) is 0 Å². The van der Waals surface area contributed by atoms with Crippen molar-refractivity contribution in [1.29, 1.82) is 0 Å². The first-order chi connectivity index (χ1) is 12.1. The van der Waals surface area contributed by atoms with E-state index in [1.807, 2.05) is 25.2 Å². The number of nitrogens with zero attached hydrogens (tertiary/aromatic N) is 1. The predicted octanol–water partition coefficient (Wildman–Crippen LogP) is 2.95. The van der Waals surface area contributed by atoms with Gasteiger partial charge >= 0.3 is 5.97 Å². The molecule has 0 aromatic heterocycles. The number of hydrogen-bond donors (Lipinski definition) is 1. The van der Waals surface area contributed by atoms with Crippen molar-refractivity contribution in [1.82, 2.24) is 4.90 Å². The summed E-state index contributed by atoms with van der Waals surface area (Å²) in [5, 5.41) is 11.3.